The summed E-state index contributed by atoms with van der Waals surface area (Å²) in [5, 5.41) is 8.19. The third-order valence-corrected chi connectivity index (χ3v) is 1.08. The van der Waals surface area contributed by atoms with E-state index in [9.17, 15) is 9.59 Å². The summed E-state index contributed by atoms with van der Waals surface area (Å²) >= 11 is 0. The summed E-state index contributed by atoms with van der Waals surface area (Å²) in [5.41, 5.74) is 0. The molecule has 13 heavy (non-hydrogen) atoms. The van der Waals surface area contributed by atoms with Crippen molar-refractivity contribution in [3.8, 4) is 0 Å². The number of hydrogen-bond donors (Lipinski definition) is 1. The molecule has 0 aliphatic heterocycles. The predicted octanol–water partition coefficient (Wildman–Crippen LogP) is 0.555. The second-order valence-electron chi connectivity index (χ2n) is 2.18. The Labute approximate surface area is 75.9 Å². The van der Waals surface area contributed by atoms with Crippen LogP contribution in [-0.2, 0) is 19.1 Å². The Morgan fingerprint density at radius 2 is 2.08 bits per heavy atom. The van der Waals surface area contributed by atoms with Gasteiger partial charge in [0.05, 0.1) is 19.5 Å². The highest BCUT2D eigenvalue weighted by molar-refractivity contribution is 5.90. The summed E-state index contributed by atoms with van der Waals surface area (Å²) in [7, 11) is 0. The van der Waals surface area contributed by atoms with Gasteiger partial charge in [-0.25, -0.2) is 0 Å². The van der Waals surface area contributed by atoms with Crippen molar-refractivity contribution in [2.45, 2.75) is 12.8 Å². The molecule has 0 aliphatic carbocycles. The van der Waals surface area contributed by atoms with Crippen LogP contribution in [0.5, 0.6) is 0 Å². The Kier molecular flexibility index (Phi) is 6.31. The molecule has 74 valence electrons. The Morgan fingerprint density at radius 1 is 1.38 bits per heavy atom. The van der Waals surface area contributed by atoms with Crippen LogP contribution in [0.3, 0.4) is 0 Å². The van der Waals surface area contributed by atoms with Gasteiger partial charge in [-0.15, -0.1) is 0 Å². The fourth-order valence-corrected chi connectivity index (χ4v) is 0.586. The molecule has 1 N–H and O–H groups in total. The van der Waals surface area contributed by atoms with Gasteiger partial charge < -0.3 is 14.6 Å². The molecule has 0 bridgehead atoms. The highest BCUT2D eigenvalue weighted by Gasteiger charge is 2.07. The molecule has 0 aromatic rings. The van der Waals surface area contributed by atoms with Crippen LogP contribution in [0, 0.1) is 0 Å². The van der Waals surface area contributed by atoms with Gasteiger partial charge in [0.2, 0.25) is 0 Å². The van der Waals surface area contributed by atoms with E-state index in [-0.39, 0.29) is 6.61 Å². The van der Waals surface area contributed by atoms with Crippen LogP contribution in [-0.4, -0.2) is 30.3 Å². The summed E-state index contributed by atoms with van der Waals surface area (Å²) in [6.07, 6.45) is 1.22. The molecule has 0 aliphatic rings. The normalized spacial score (nSPS) is 8.92. The van der Waals surface area contributed by atoms with Crippen LogP contribution >= 0.6 is 0 Å². The van der Waals surface area contributed by atoms with Crippen molar-refractivity contribution in [3.63, 3.8) is 0 Å². The summed E-state index contributed by atoms with van der Waals surface area (Å²) in [4.78, 5) is 20.6. The number of aliphatic carboxylic acids is 1. The van der Waals surface area contributed by atoms with Crippen molar-refractivity contribution in [2.75, 3.05) is 13.2 Å². The molecule has 5 heteroatoms. The zero-order valence-electron chi connectivity index (χ0n) is 7.19. The third-order valence-electron chi connectivity index (χ3n) is 1.08. The van der Waals surface area contributed by atoms with Crippen LogP contribution in [0.1, 0.15) is 12.8 Å². The molecule has 0 unspecified atom stereocenters. The minimum atomic E-state index is -1.19. The first-order valence-electron chi connectivity index (χ1n) is 3.76. The van der Waals surface area contributed by atoms with Crippen molar-refractivity contribution in [3.05, 3.63) is 12.8 Å². The smallest absolute Gasteiger partial charge is 0.317 e. The molecule has 0 spiro atoms. The zero-order chi connectivity index (χ0) is 10.1. The van der Waals surface area contributed by atoms with Crippen molar-refractivity contribution in [2.24, 2.45) is 0 Å². The second-order valence-corrected chi connectivity index (χ2v) is 2.18. The van der Waals surface area contributed by atoms with E-state index in [0.29, 0.717) is 13.0 Å². The third kappa shape index (κ3) is 8.39. The molecule has 0 atom stereocenters. The van der Waals surface area contributed by atoms with Crippen molar-refractivity contribution in [1.82, 2.24) is 0 Å². The fraction of sp³-hybridized carbons (Fsp3) is 0.500. The number of carboxylic acid groups (broad SMARTS) is 1. The first-order chi connectivity index (χ1) is 6.16. The maximum Gasteiger partial charge on any atom is 0.317 e. The number of carboxylic acids is 1. The average molecular weight is 188 g/mol. The Balaban J connectivity index is 3.26. The molecule has 0 amide bonds. The van der Waals surface area contributed by atoms with Gasteiger partial charge in [-0.05, 0) is 0 Å². The number of esters is 1. The van der Waals surface area contributed by atoms with Crippen LogP contribution < -0.4 is 0 Å². The van der Waals surface area contributed by atoms with E-state index < -0.39 is 18.4 Å². The zero-order valence-corrected chi connectivity index (χ0v) is 7.19. The average Bonchev–Trinajstić information content (AvgIpc) is 2.02. The molecule has 5 nitrogen and oxygen atoms in total. The van der Waals surface area contributed by atoms with E-state index in [2.05, 4.69) is 11.3 Å². The molecule has 0 aromatic heterocycles. The minimum absolute atomic E-state index is 0.167. The summed E-state index contributed by atoms with van der Waals surface area (Å²) < 4.78 is 9.32. The van der Waals surface area contributed by atoms with Gasteiger partial charge >= 0.3 is 11.9 Å². The van der Waals surface area contributed by atoms with E-state index in [4.69, 9.17) is 9.84 Å². The number of carbonyl (C=O) groups is 2. The first-order valence-corrected chi connectivity index (χ1v) is 3.76. The van der Waals surface area contributed by atoms with Gasteiger partial charge in [0.25, 0.3) is 0 Å². The number of rotatable bonds is 7. The van der Waals surface area contributed by atoms with E-state index in [0.717, 1.165) is 0 Å². The van der Waals surface area contributed by atoms with E-state index >= 15 is 0 Å². The second kappa shape index (κ2) is 7.15. The van der Waals surface area contributed by atoms with Crippen LogP contribution in [0.4, 0.5) is 0 Å². The van der Waals surface area contributed by atoms with E-state index in [1.54, 1.807) is 0 Å². The molecular weight excluding hydrogens is 176 g/mol. The van der Waals surface area contributed by atoms with Gasteiger partial charge in [0.15, 0.2) is 0 Å². The SMILES string of the molecule is C=COCCCOC(=O)CC(=O)O. The Hall–Kier alpha value is -1.52. The van der Waals surface area contributed by atoms with Crippen LogP contribution in [0.15, 0.2) is 12.8 Å². The molecule has 0 saturated heterocycles. The first kappa shape index (κ1) is 11.5. The summed E-state index contributed by atoms with van der Waals surface area (Å²) in [6, 6.07) is 0. The molecule has 0 radical (unpaired) electrons. The quantitative estimate of drug-likeness (QED) is 0.273. The van der Waals surface area contributed by atoms with Gasteiger partial charge in [-0.1, -0.05) is 6.58 Å². The molecule has 0 heterocycles. The number of hydrogen-bond acceptors (Lipinski definition) is 4. The van der Waals surface area contributed by atoms with Gasteiger partial charge in [-0.3, -0.25) is 9.59 Å². The standard InChI is InChI=1S/C8H12O5/c1-2-12-4-3-5-13-8(11)6-7(9)10/h2H,1,3-6H2,(H,9,10). The summed E-state index contributed by atoms with van der Waals surface area (Å²) in [5.74, 6) is -1.92. The highest BCUT2D eigenvalue weighted by atomic mass is 16.5. The minimum Gasteiger partial charge on any atom is -0.502 e. The molecule has 0 rings (SSSR count). The number of ether oxygens (including phenoxy) is 2. The molecule has 0 fully saturated rings. The van der Waals surface area contributed by atoms with Crippen LogP contribution in [0.2, 0.25) is 0 Å². The largest absolute Gasteiger partial charge is 0.502 e. The maximum atomic E-state index is 10.6. The maximum absolute atomic E-state index is 10.6. The highest BCUT2D eigenvalue weighted by Crippen LogP contribution is 1.90. The predicted molar refractivity (Wildman–Crippen MR) is 44.0 cm³/mol. The molecule has 0 saturated carbocycles. The molecule has 0 aromatic carbocycles. The van der Waals surface area contributed by atoms with Crippen molar-refractivity contribution >= 4 is 11.9 Å². The topological polar surface area (TPSA) is 72.8 Å². The fourth-order valence-electron chi connectivity index (χ4n) is 0.586. The number of carbonyl (C=O) groups excluding carboxylic acids is 1. The summed E-state index contributed by atoms with van der Waals surface area (Å²) in [6.45, 7) is 3.90. The lowest BCUT2D eigenvalue weighted by molar-refractivity contribution is -0.151. The Bertz CT molecular complexity index is 187. The lowest BCUT2D eigenvalue weighted by Crippen LogP contribution is -2.11. The molecular formula is C8H12O5. The Morgan fingerprint density at radius 3 is 2.62 bits per heavy atom. The van der Waals surface area contributed by atoms with Crippen molar-refractivity contribution in [1.29, 1.82) is 0 Å². The van der Waals surface area contributed by atoms with Gasteiger partial charge in [0, 0.05) is 6.42 Å². The monoisotopic (exact) mass is 188 g/mol. The van der Waals surface area contributed by atoms with Gasteiger partial charge in [0.1, 0.15) is 6.42 Å². The lowest BCUT2D eigenvalue weighted by Gasteiger charge is -2.02. The van der Waals surface area contributed by atoms with Gasteiger partial charge in [-0.2, -0.15) is 0 Å². The van der Waals surface area contributed by atoms with Crippen LogP contribution in [0.25, 0.3) is 0 Å². The van der Waals surface area contributed by atoms with E-state index in [1.165, 1.54) is 6.26 Å². The van der Waals surface area contributed by atoms with Crippen molar-refractivity contribution < 1.29 is 24.2 Å². The van der Waals surface area contributed by atoms with E-state index in [1.807, 2.05) is 0 Å². The lowest BCUT2D eigenvalue weighted by atomic mass is 10.4.